The van der Waals surface area contributed by atoms with Crippen LogP contribution in [-0.4, -0.2) is 34.3 Å². The van der Waals surface area contributed by atoms with Crippen molar-refractivity contribution in [2.24, 2.45) is 0 Å². The largest absolute Gasteiger partial charge is 0.497 e. The van der Waals surface area contributed by atoms with Crippen molar-refractivity contribution in [3.8, 4) is 23.0 Å². The van der Waals surface area contributed by atoms with Crippen LogP contribution in [0.1, 0.15) is 10.4 Å². The number of halogens is 1. The van der Waals surface area contributed by atoms with Gasteiger partial charge in [0.15, 0.2) is 11.4 Å². The summed E-state index contributed by atoms with van der Waals surface area (Å²) in [6.45, 7) is 0. The van der Waals surface area contributed by atoms with E-state index in [0.29, 0.717) is 11.4 Å². The van der Waals surface area contributed by atoms with Gasteiger partial charge in [-0.25, -0.2) is 13.7 Å². The second kappa shape index (κ2) is 10.6. The number of carbonyl (C=O) groups is 1. The summed E-state index contributed by atoms with van der Waals surface area (Å²) in [6, 6.07) is 24.3. The molecule has 4 rings (SSSR count). The van der Waals surface area contributed by atoms with Crippen molar-refractivity contribution in [2.75, 3.05) is 34.1 Å². The van der Waals surface area contributed by atoms with Gasteiger partial charge in [-0.1, -0.05) is 6.07 Å². The van der Waals surface area contributed by atoms with Crippen LogP contribution in [0.15, 0.2) is 84.9 Å². The Morgan fingerprint density at radius 2 is 1.35 bits per heavy atom. The highest BCUT2D eigenvalue weighted by atomic mass is 19.1. The number of nitrogen functional groups attached to an aromatic ring is 1. The van der Waals surface area contributed by atoms with E-state index in [4.69, 9.17) is 24.7 Å². The zero-order valence-corrected chi connectivity index (χ0v) is 21.0. The van der Waals surface area contributed by atoms with Gasteiger partial charge in [-0.2, -0.15) is 0 Å². The minimum atomic E-state index is -0.651. The van der Waals surface area contributed by atoms with E-state index in [0.717, 1.165) is 28.9 Å². The average Bonchev–Trinajstić information content (AvgIpc) is 2.93. The van der Waals surface area contributed by atoms with Crippen molar-refractivity contribution < 1.29 is 28.1 Å². The zero-order chi connectivity index (χ0) is 26.6. The normalized spacial score (nSPS) is 11.1. The summed E-state index contributed by atoms with van der Waals surface area (Å²) in [4.78, 5) is 12.2. The van der Waals surface area contributed by atoms with Gasteiger partial charge < -0.3 is 24.7 Å². The second-order valence-electron chi connectivity index (χ2n) is 8.33. The number of rotatable bonds is 8. The number of esters is 1. The molecule has 8 heteroatoms. The quantitative estimate of drug-likeness (QED) is 0.166. The Kier molecular flexibility index (Phi) is 7.31. The predicted molar refractivity (Wildman–Crippen MR) is 142 cm³/mol. The fourth-order valence-corrected chi connectivity index (χ4v) is 4.18. The Hall–Kier alpha value is -4.56. The standard InChI is InChI=1S/C29H28FN2O5/c1-32(20-9-13-22(34-2)14-10-20,21-11-15-23(35-3)16-12-21)25-6-5-7-26(28(25)31)37-27-18-19(30)8-17-24(27)29(33)36-4/h5-18H,31H2,1-4H3/q+1. The summed E-state index contributed by atoms with van der Waals surface area (Å²) in [5.41, 5.74) is 9.59. The van der Waals surface area contributed by atoms with E-state index in [1.807, 2.05) is 61.6 Å². The molecule has 0 aliphatic heterocycles. The van der Waals surface area contributed by atoms with E-state index in [2.05, 4.69) is 0 Å². The van der Waals surface area contributed by atoms with Crippen LogP contribution in [0.25, 0.3) is 0 Å². The number of nitrogens with two attached hydrogens (primary N) is 1. The van der Waals surface area contributed by atoms with E-state index in [-0.39, 0.29) is 21.5 Å². The molecule has 37 heavy (non-hydrogen) atoms. The lowest BCUT2D eigenvalue weighted by Crippen LogP contribution is -2.34. The Morgan fingerprint density at radius 3 is 1.86 bits per heavy atom. The van der Waals surface area contributed by atoms with Crippen molar-refractivity contribution in [3.63, 3.8) is 0 Å². The maximum absolute atomic E-state index is 14.1. The smallest absolute Gasteiger partial charge is 0.341 e. The van der Waals surface area contributed by atoms with Crippen LogP contribution in [0.2, 0.25) is 0 Å². The third kappa shape index (κ3) is 4.92. The van der Waals surface area contributed by atoms with Gasteiger partial charge in [0.05, 0.1) is 28.4 Å². The van der Waals surface area contributed by atoms with Crippen LogP contribution in [0.3, 0.4) is 0 Å². The number of methoxy groups -OCH3 is 3. The van der Waals surface area contributed by atoms with Crippen LogP contribution in [0.5, 0.6) is 23.0 Å². The lowest BCUT2D eigenvalue weighted by molar-refractivity contribution is 0.0598. The molecule has 0 saturated heterocycles. The summed E-state index contributed by atoms with van der Waals surface area (Å²) in [5, 5.41) is 0. The first-order chi connectivity index (χ1) is 17.8. The maximum Gasteiger partial charge on any atom is 0.341 e. The number of para-hydroxylation sites is 1. The fourth-order valence-electron chi connectivity index (χ4n) is 4.18. The van der Waals surface area contributed by atoms with E-state index in [1.165, 1.54) is 19.2 Å². The summed E-state index contributed by atoms with van der Waals surface area (Å²) >= 11 is 0. The molecule has 0 spiro atoms. The summed E-state index contributed by atoms with van der Waals surface area (Å²) in [5.74, 6) is 0.489. The van der Waals surface area contributed by atoms with Gasteiger partial charge in [-0.3, -0.25) is 0 Å². The van der Waals surface area contributed by atoms with Crippen molar-refractivity contribution in [1.29, 1.82) is 0 Å². The number of anilines is 1. The van der Waals surface area contributed by atoms with Gasteiger partial charge in [0.2, 0.25) is 0 Å². The number of carbonyl (C=O) groups excluding carboxylic acids is 1. The molecule has 190 valence electrons. The van der Waals surface area contributed by atoms with Crippen LogP contribution in [-0.2, 0) is 4.74 Å². The maximum atomic E-state index is 14.1. The van der Waals surface area contributed by atoms with E-state index in [1.54, 1.807) is 26.4 Å². The van der Waals surface area contributed by atoms with E-state index < -0.39 is 11.8 Å². The number of benzene rings is 4. The van der Waals surface area contributed by atoms with Gasteiger partial charge in [-0.15, -0.1) is 0 Å². The predicted octanol–water partition coefficient (Wildman–Crippen LogP) is 6.60. The average molecular weight is 504 g/mol. The van der Waals surface area contributed by atoms with Gasteiger partial charge in [0, 0.05) is 36.4 Å². The second-order valence-corrected chi connectivity index (χ2v) is 8.33. The monoisotopic (exact) mass is 503 g/mol. The van der Waals surface area contributed by atoms with Gasteiger partial charge in [0.1, 0.15) is 45.7 Å². The summed E-state index contributed by atoms with van der Waals surface area (Å²) in [7, 11) is 6.47. The van der Waals surface area contributed by atoms with Crippen LogP contribution in [0, 0.1) is 5.82 Å². The molecule has 7 nitrogen and oxygen atoms in total. The Labute approximate surface area is 215 Å². The highest BCUT2D eigenvalue weighted by Crippen LogP contribution is 2.48. The number of ether oxygens (including phenoxy) is 4. The topological polar surface area (TPSA) is 80.0 Å². The minimum Gasteiger partial charge on any atom is -0.497 e. The minimum absolute atomic E-state index is 0.00111. The van der Waals surface area contributed by atoms with Crippen LogP contribution in [0.4, 0.5) is 27.1 Å². The van der Waals surface area contributed by atoms with Gasteiger partial charge >= 0.3 is 5.97 Å². The lowest BCUT2D eigenvalue weighted by atomic mass is 10.1. The lowest BCUT2D eigenvalue weighted by Gasteiger charge is -2.34. The van der Waals surface area contributed by atoms with Crippen molar-refractivity contribution in [2.45, 2.75) is 0 Å². The SMILES string of the molecule is COC(=O)c1ccc(F)cc1Oc1cccc([N+](C)(c2ccc(OC)cc2)c2ccc(OC)cc2)c1N. The fraction of sp³-hybridized carbons (Fsp3) is 0.138. The van der Waals surface area contributed by atoms with Crippen LogP contribution < -0.4 is 24.4 Å². The summed E-state index contributed by atoms with van der Waals surface area (Å²) in [6.07, 6.45) is 0. The van der Waals surface area contributed by atoms with Crippen molar-refractivity contribution >= 4 is 28.7 Å². The molecule has 0 aliphatic rings. The third-order valence-corrected chi connectivity index (χ3v) is 6.27. The van der Waals surface area contributed by atoms with Gasteiger partial charge in [-0.05, 0) is 42.5 Å². The molecule has 0 heterocycles. The first kappa shape index (κ1) is 25.5. The van der Waals surface area contributed by atoms with E-state index >= 15 is 0 Å². The number of hydrogen-bond donors (Lipinski definition) is 1. The van der Waals surface area contributed by atoms with Gasteiger partial charge in [0.25, 0.3) is 0 Å². The Balaban J connectivity index is 1.87. The molecular weight excluding hydrogens is 475 g/mol. The number of quaternary nitrogens is 1. The molecule has 0 amide bonds. The Bertz CT molecular complexity index is 1360. The molecule has 0 radical (unpaired) electrons. The molecule has 0 saturated carbocycles. The molecule has 4 aromatic carbocycles. The summed E-state index contributed by atoms with van der Waals surface area (Å²) < 4.78 is 35.8. The number of nitrogens with zero attached hydrogens (tertiary/aromatic N) is 1. The molecular formula is C29H28FN2O5+. The molecule has 4 aromatic rings. The third-order valence-electron chi connectivity index (χ3n) is 6.27. The molecule has 2 N–H and O–H groups in total. The van der Waals surface area contributed by atoms with E-state index in [9.17, 15) is 9.18 Å². The number of hydrogen-bond acceptors (Lipinski definition) is 6. The highest BCUT2D eigenvalue weighted by Gasteiger charge is 2.35. The Morgan fingerprint density at radius 1 is 0.784 bits per heavy atom. The first-order valence-corrected chi connectivity index (χ1v) is 11.4. The zero-order valence-electron chi connectivity index (χ0n) is 21.0. The molecule has 0 fully saturated rings. The highest BCUT2D eigenvalue weighted by molar-refractivity contribution is 5.92. The van der Waals surface area contributed by atoms with Crippen LogP contribution >= 0.6 is 0 Å². The molecule has 0 atom stereocenters. The van der Waals surface area contributed by atoms with Crippen molar-refractivity contribution in [3.05, 3.63) is 96.3 Å². The molecule has 0 unspecified atom stereocenters. The molecule has 0 bridgehead atoms. The molecule has 0 aliphatic carbocycles. The van der Waals surface area contributed by atoms with Crippen molar-refractivity contribution in [1.82, 2.24) is 4.48 Å². The first-order valence-electron chi connectivity index (χ1n) is 11.4. The molecule has 0 aromatic heterocycles.